The Morgan fingerprint density at radius 2 is 1.33 bits per heavy atom. The number of aliphatic hydroxyl groups is 2. The summed E-state index contributed by atoms with van der Waals surface area (Å²) in [6.07, 6.45) is 2.23. The standard InChI is InChI=1S/C24H45O5P/c1-10-12-13-24(11-2,16-25)21(26)30(27,28,29)20-18(22(4,5)6)14-17(3)15-19(20)23(7,8)9/h14-15,21,25-29H,10-13,16H2,1-9H3. The van der Waals surface area contributed by atoms with Crippen LogP contribution in [0.25, 0.3) is 0 Å². The molecule has 0 bridgehead atoms. The predicted octanol–water partition coefficient (Wildman–Crippen LogP) is 4.39. The summed E-state index contributed by atoms with van der Waals surface area (Å²) in [6, 6.07) is 3.72. The third-order valence-electron chi connectivity index (χ3n) is 6.34. The van der Waals surface area contributed by atoms with Crippen LogP contribution in [0.2, 0.25) is 0 Å². The Balaban J connectivity index is 4.02. The quantitative estimate of drug-likeness (QED) is 0.383. The zero-order valence-corrected chi connectivity index (χ0v) is 21.3. The van der Waals surface area contributed by atoms with Crippen LogP contribution in [-0.2, 0) is 10.8 Å². The molecule has 30 heavy (non-hydrogen) atoms. The van der Waals surface area contributed by atoms with Gasteiger partial charge in [-0.2, -0.15) is 0 Å². The Morgan fingerprint density at radius 3 is 1.63 bits per heavy atom. The fourth-order valence-electron chi connectivity index (χ4n) is 4.30. The molecule has 2 atom stereocenters. The number of unbranched alkanes of at least 4 members (excludes halogenated alkanes) is 1. The first-order valence-electron chi connectivity index (χ1n) is 11.1. The van der Waals surface area contributed by atoms with Gasteiger partial charge in [0, 0.05) is 0 Å². The van der Waals surface area contributed by atoms with E-state index in [2.05, 4.69) is 0 Å². The molecule has 1 aromatic rings. The number of aryl methyl sites for hydroxylation is 1. The normalized spacial score (nSPS) is 17.9. The van der Waals surface area contributed by atoms with Gasteiger partial charge < -0.3 is 0 Å². The van der Waals surface area contributed by atoms with Gasteiger partial charge in [-0.15, -0.1) is 0 Å². The summed E-state index contributed by atoms with van der Waals surface area (Å²) in [4.78, 5) is 35.0. The number of hydrogen-bond acceptors (Lipinski definition) is 5. The monoisotopic (exact) mass is 444 g/mol. The second-order valence-corrected chi connectivity index (χ2v) is 14.1. The fraction of sp³-hybridized carbons (Fsp3) is 0.750. The first kappa shape index (κ1) is 27.5. The van der Waals surface area contributed by atoms with Crippen molar-refractivity contribution in [2.24, 2.45) is 5.41 Å². The van der Waals surface area contributed by atoms with Crippen LogP contribution < -0.4 is 5.30 Å². The second-order valence-electron chi connectivity index (χ2n) is 11.1. The van der Waals surface area contributed by atoms with Crippen LogP contribution in [0.1, 0.15) is 97.8 Å². The van der Waals surface area contributed by atoms with E-state index in [-0.39, 0.29) is 5.30 Å². The van der Waals surface area contributed by atoms with Gasteiger partial charge in [0.15, 0.2) is 0 Å². The minimum atomic E-state index is -5.85. The molecule has 0 saturated heterocycles. The van der Waals surface area contributed by atoms with Crippen LogP contribution in [-0.4, -0.2) is 37.3 Å². The molecule has 5 N–H and O–H groups in total. The molecule has 0 aliphatic carbocycles. The molecule has 1 aromatic carbocycles. The van der Waals surface area contributed by atoms with Gasteiger partial charge in [0.25, 0.3) is 0 Å². The van der Waals surface area contributed by atoms with Crippen LogP contribution in [0.15, 0.2) is 12.1 Å². The van der Waals surface area contributed by atoms with E-state index in [0.717, 1.165) is 12.0 Å². The summed E-state index contributed by atoms with van der Waals surface area (Å²) >= 11 is 0. The number of hydrogen-bond donors (Lipinski definition) is 5. The average Bonchev–Trinajstić information content (AvgIpc) is 2.60. The van der Waals surface area contributed by atoms with Crippen LogP contribution in [0, 0.1) is 12.3 Å². The zero-order chi connectivity index (χ0) is 23.8. The summed E-state index contributed by atoms with van der Waals surface area (Å²) in [7, 11) is -5.85. The van der Waals surface area contributed by atoms with Gasteiger partial charge in [0.1, 0.15) is 0 Å². The molecule has 2 unspecified atom stereocenters. The van der Waals surface area contributed by atoms with E-state index < -0.39 is 36.0 Å². The Hall–Kier alpha value is -0.550. The van der Waals surface area contributed by atoms with Crippen molar-refractivity contribution in [2.45, 2.75) is 105 Å². The number of rotatable bonds is 8. The van der Waals surface area contributed by atoms with Crippen molar-refractivity contribution in [3.63, 3.8) is 0 Å². The number of benzene rings is 1. The summed E-state index contributed by atoms with van der Waals surface area (Å²) in [5.41, 5.74) is -0.0530. The molecule has 1 rings (SSSR count). The van der Waals surface area contributed by atoms with Crippen LogP contribution in [0.5, 0.6) is 0 Å². The van der Waals surface area contributed by atoms with Gasteiger partial charge >= 0.3 is 183 Å². The molecule has 0 saturated carbocycles. The average molecular weight is 445 g/mol. The van der Waals surface area contributed by atoms with E-state index >= 15 is 0 Å². The van der Waals surface area contributed by atoms with E-state index in [0.29, 0.717) is 30.4 Å². The molecule has 0 amide bonds. The number of aliphatic hydroxyl groups excluding tert-OH is 2. The molecule has 0 spiro atoms. The van der Waals surface area contributed by atoms with E-state index in [1.165, 1.54) is 0 Å². The van der Waals surface area contributed by atoms with E-state index in [9.17, 15) is 24.9 Å². The fourth-order valence-corrected chi connectivity index (χ4v) is 7.67. The molecule has 0 aromatic heterocycles. The zero-order valence-electron chi connectivity index (χ0n) is 20.5. The van der Waals surface area contributed by atoms with Gasteiger partial charge in [-0.25, -0.2) is 0 Å². The molecule has 176 valence electrons. The van der Waals surface area contributed by atoms with Crippen molar-refractivity contribution < 1.29 is 24.9 Å². The third kappa shape index (κ3) is 5.26. The first-order chi connectivity index (χ1) is 13.4. The van der Waals surface area contributed by atoms with Crippen LogP contribution in [0.4, 0.5) is 0 Å². The van der Waals surface area contributed by atoms with Gasteiger partial charge in [0.2, 0.25) is 0 Å². The van der Waals surface area contributed by atoms with E-state index in [1.807, 2.05) is 67.5 Å². The second kappa shape index (κ2) is 8.77. The molecule has 5 nitrogen and oxygen atoms in total. The Morgan fingerprint density at radius 1 is 0.900 bits per heavy atom. The summed E-state index contributed by atoms with van der Waals surface area (Å²) in [5.74, 6) is -1.88. The van der Waals surface area contributed by atoms with E-state index in [1.54, 1.807) is 6.92 Å². The maximum absolute atomic E-state index is 11.7. The predicted molar refractivity (Wildman–Crippen MR) is 127 cm³/mol. The van der Waals surface area contributed by atoms with E-state index in [4.69, 9.17) is 0 Å². The molecule has 0 aliphatic rings. The van der Waals surface area contributed by atoms with Gasteiger partial charge in [-0.1, -0.05) is 0 Å². The van der Waals surface area contributed by atoms with Crippen molar-refractivity contribution in [3.8, 4) is 0 Å². The van der Waals surface area contributed by atoms with Crippen molar-refractivity contribution in [1.29, 1.82) is 0 Å². The molecule has 0 aliphatic heterocycles. The minimum absolute atomic E-state index is 0.0434. The molecular weight excluding hydrogens is 399 g/mol. The Labute approximate surface area is 183 Å². The molecule has 0 heterocycles. The SMILES string of the molecule is CCCCC(CC)(CO)C(O)P(O)(O)(O)c1c(C(C)(C)C)cc(C)cc1C(C)(C)C. The van der Waals surface area contributed by atoms with Crippen molar-refractivity contribution in [2.75, 3.05) is 6.61 Å². The van der Waals surface area contributed by atoms with Crippen molar-refractivity contribution in [3.05, 3.63) is 28.8 Å². The Bertz CT molecular complexity index is 696. The van der Waals surface area contributed by atoms with Gasteiger partial charge in [-0.3, -0.25) is 0 Å². The summed E-state index contributed by atoms with van der Waals surface area (Å²) in [5, 5.41) is 21.7. The molecular formula is C24H45O5P. The molecule has 0 fully saturated rings. The topological polar surface area (TPSA) is 101 Å². The first-order valence-corrected chi connectivity index (χ1v) is 13.2. The Kier molecular flexibility index (Phi) is 8.03. The molecule has 6 heteroatoms. The van der Waals surface area contributed by atoms with Crippen LogP contribution in [0.3, 0.4) is 0 Å². The summed E-state index contributed by atoms with van der Waals surface area (Å²) < 4.78 is 0. The molecule has 0 radical (unpaired) electrons. The third-order valence-corrected chi connectivity index (χ3v) is 9.13. The maximum atomic E-state index is 11.7. The van der Waals surface area contributed by atoms with Crippen molar-refractivity contribution in [1.82, 2.24) is 0 Å². The van der Waals surface area contributed by atoms with Crippen LogP contribution >= 0.6 is 7.28 Å². The van der Waals surface area contributed by atoms with Crippen molar-refractivity contribution >= 4 is 12.6 Å². The summed E-state index contributed by atoms with van der Waals surface area (Å²) in [6.45, 7) is 17.0. The van der Waals surface area contributed by atoms with Gasteiger partial charge in [0.05, 0.1) is 0 Å². The van der Waals surface area contributed by atoms with Gasteiger partial charge in [-0.05, 0) is 0 Å².